The third-order valence-corrected chi connectivity index (χ3v) is 7.05. The normalized spacial score (nSPS) is 17.9. The molecule has 0 radical (unpaired) electrons. The molecule has 2 aromatic rings. The highest BCUT2D eigenvalue weighted by atomic mass is 32.2. The highest BCUT2D eigenvalue weighted by molar-refractivity contribution is 7.99. The summed E-state index contributed by atoms with van der Waals surface area (Å²) in [6, 6.07) is 0. The van der Waals surface area contributed by atoms with Crippen LogP contribution < -0.4 is 15.1 Å². The lowest BCUT2D eigenvalue weighted by molar-refractivity contribution is -0.125. The highest BCUT2D eigenvalue weighted by Crippen LogP contribution is 2.24. The van der Waals surface area contributed by atoms with Crippen molar-refractivity contribution < 1.29 is 4.79 Å². The van der Waals surface area contributed by atoms with Gasteiger partial charge in [0.05, 0.1) is 24.3 Å². The second-order valence-electron chi connectivity index (χ2n) is 7.89. The average molecular weight is 430 g/mol. The number of rotatable bonds is 6. The van der Waals surface area contributed by atoms with Crippen LogP contribution >= 0.6 is 11.8 Å². The number of hydrogen-bond donors (Lipinski definition) is 1. The fourth-order valence-corrected chi connectivity index (χ4v) is 5.01. The molecule has 30 heavy (non-hydrogen) atoms. The largest absolute Gasteiger partial charge is 0.369 e. The maximum absolute atomic E-state index is 12.6. The van der Waals surface area contributed by atoms with Crippen molar-refractivity contribution in [3.63, 3.8) is 0 Å². The van der Waals surface area contributed by atoms with Gasteiger partial charge in [0.1, 0.15) is 0 Å². The van der Waals surface area contributed by atoms with Crippen molar-refractivity contribution in [2.75, 3.05) is 47.5 Å². The van der Waals surface area contributed by atoms with Crippen LogP contribution in [0.2, 0.25) is 0 Å². The summed E-state index contributed by atoms with van der Waals surface area (Å²) >= 11 is 1.98. The van der Waals surface area contributed by atoms with Gasteiger partial charge in [-0.3, -0.25) is 9.48 Å². The predicted octanol–water partition coefficient (Wildman–Crippen LogP) is 2.09. The van der Waals surface area contributed by atoms with Crippen molar-refractivity contribution >= 4 is 29.3 Å². The Hall–Kier alpha value is -2.29. The summed E-state index contributed by atoms with van der Waals surface area (Å²) in [5.74, 6) is 3.32. The van der Waals surface area contributed by atoms with Crippen molar-refractivity contribution in [1.29, 1.82) is 0 Å². The monoisotopic (exact) mass is 429 g/mol. The van der Waals surface area contributed by atoms with E-state index in [0.29, 0.717) is 6.54 Å². The summed E-state index contributed by atoms with van der Waals surface area (Å²) in [6.07, 6.45) is 7.42. The van der Waals surface area contributed by atoms with Gasteiger partial charge in [0, 0.05) is 67.9 Å². The Morgan fingerprint density at radius 3 is 2.43 bits per heavy atom. The molecule has 0 unspecified atom stereocenters. The van der Waals surface area contributed by atoms with Crippen molar-refractivity contribution in [2.45, 2.75) is 39.8 Å². The van der Waals surface area contributed by atoms with E-state index in [0.717, 1.165) is 80.0 Å². The molecule has 2 saturated heterocycles. The quantitative estimate of drug-likeness (QED) is 0.753. The lowest BCUT2D eigenvalue weighted by Gasteiger charge is -2.33. The molecule has 2 aliphatic rings. The molecule has 2 fully saturated rings. The first-order valence-corrected chi connectivity index (χ1v) is 12.0. The second-order valence-corrected chi connectivity index (χ2v) is 9.12. The van der Waals surface area contributed by atoms with Gasteiger partial charge < -0.3 is 15.1 Å². The third kappa shape index (κ3) is 4.71. The molecule has 8 nitrogen and oxygen atoms in total. The van der Waals surface area contributed by atoms with Gasteiger partial charge in [0.2, 0.25) is 11.9 Å². The van der Waals surface area contributed by atoms with Gasteiger partial charge in [-0.2, -0.15) is 16.9 Å². The number of hydrogen-bond acceptors (Lipinski definition) is 7. The summed E-state index contributed by atoms with van der Waals surface area (Å²) in [4.78, 5) is 26.3. The van der Waals surface area contributed by atoms with E-state index in [1.54, 1.807) is 0 Å². The lowest BCUT2D eigenvalue weighted by atomic mass is 9.95. The molecular formula is C21H31N7OS. The van der Waals surface area contributed by atoms with Crippen molar-refractivity contribution in [1.82, 2.24) is 25.1 Å². The maximum Gasteiger partial charge on any atom is 0.225 e. The summed E-state index contributed by atoms with van der Waals surface area (Å²) in [7, 11) is 0. The van der Waals surface area contributed by atoms with Gasteiger partial charge in [-0.1, -0.05) is 0 Å². The molecular weight excluding hydrogens is 398 g/mol. The highest BCUT2D eigenvalue weighted by Gasteiger charge is 2.25. The van der Waals surface area contributed by atoms with Crippen molar-refractivity contribution in [3.8, 4) is 0 Å². The number of aromatic nitrogens is 4. The van der Waals surface area contributed by atoms with Crippen LogP contribution in [0.3, 0.4) is 0 Å². The zero-order chi connectivity index (χ0) is 20.9. The molecule has 1 N–H and O–H groups in total. The fraction of sp³-hybridized carbons (Fsp3) is 0.619. The second kappa shape index (κ2) is 9.68. The van der Waals surface area contributed by atoms with E-state index in [4.69, 9.17) is 0 Å². The molecule has 0 saturated carbocycles. The Kier molecular flexibility index (Phi) is 6.76. The molecule has 0 atom stereocenters. The molecule has 162 valence electrons. The molecule has 0 bridgehead atoms. The number of nitrogens with zero attached hydrogens (tertiary/aromatic N) is 6. The van der Waals surface area contributed by atoms with Crippen LogP contribution in [0.5, 0.6) is 0 Å². The predicted molar refractivity (Wildman–Crippen MR) is 121 cm³/mol. The Labute approximate surface area is 182 Å². The SMILES string of the molecule is CCn1ncc(CNC(=O)C2CCN(c3cnc(N4CCSCC4)nc3)CC2)c1C. The van der Waals surface area contributed by atoms with E-state index in [1.807, 2.05) is 42.0 Å². The van der Waals surface area contributed by atoms with Crippen molar-refractivity contribution in [3.05, 3.63) is 29.8 Å². The summed E-state index contributed by atoms with van der Waals surface area (Å²) in [6.45, 7) is 9.26. The van der Waals surface area contributed by atoms with E-state index < -0.39 is 0 Å². The number of piperidine rings is 1. The standard InChI is InChI=1S/C21H31N7OS/c1-3-28-16(2)18(13-25-28)12-22-20(29)17-4-6-26(7-5-17)19-14-23-21(24-15-19)27-8-10-30-11-9-27/h13-15,17H,3-12H2,1-2H3,(H,22,29). The van der Waals surface area contributed by atoms with Gasteiger partial charge in [-0.05, 0) is 26.7 Å². The number of amides is 1. The summed E-state index contributed by atoms with van der Waals surface area (Å²) < 4.78 is 1.96. The van der Waals surface area contributed by atoms with Crippen LogP contribution in [0, 0.1) is 12.8 Å². The number of thioether (sulfide) groups is 1. The number of carbonyl (C=O) groups is 1. The Balaban J connectivity index is 1.26. The first-order valence-electron chi connectivity index (χ1n) is 10.8. The Bertz CT molecular complexity index is 840. The van der Waals surface area contributed by atoms with E-state index in [-0.39, 0.29) is 11.8 Å². The summed E-state index contributed by atoms with van der Waals surface area (Å²) in [5, 5.41) is 7.45. The first-order chi connectivity index (χ1) is 14.7. The van der Waals surface area contributed by atoms with Gasteiger partial charge in [-0.15, -0.1) is 0 Å². The van der Waals surface area contributed by atoms with Crippen LogP contribution in [-0.2, 0) is 17.9 Å². The summed E-state index contributed by atoms with van der Waals surface area (Å²) in [5.41, 5.74) is 3.26. The molecule has 2 aromatic heterocycles. The minimum atomic E-state index is 0.0637. The number of nitrogens with one attached hydrogen (secondary N) is 1. The Morgan fingerprint density at radius 1 is 1.10 bits per heavy atom. The van der Waals surface area contributed by atoms with Crippen LogP contribution in [0.25, 0.3) is 0 Å². The van der Waals surface area contributed by atoms with Gasteiger partial charge in [0.15, 0.2) is 0 Å². The van der Waals surface area contributed by atoms with Crippen LogP contribution in [-0.4, -0.2) is 63.3 Å². The molecule has 4 rings (SSSR count). The van der Waals surface area contributed by atoms with E-state index in [1.165, 1.54) is 0 Å². The zero-order valence-electron chi connectivity index (χ0n) is 17.9. The number of anilines is 2. The Morgan fingerprint density at radius 2 is 1.80 bits per heavy atom. The smallest absolute Gasteiger partial charge is 0.225 e. The van der Waals surface area contributed by atoms with Crippen LogP contribution in [0.15, 0.2) is 18.6 Å². The topological polar surface area (TPSA) is 79.2 Å². The minimum Gasteiger partial charge on any atom is -0.369 e. The van der Waals surface area contributed by atoms with Crippen LogP contribution in [0.1, 0.15) is 31.0 Å². The molecule has 0 aromatic carbocycles. The van der Waals surface area contributed by atoms with Crippen molar-refractivity contribution in [2.24, 2.45) is 5.92 Å². The van der Waals surface area contributed by atoms with Gasteiger partial charge in [-0.25, -0.2) is 9.97 Å². The third-order valence-electron chi connectivity index (χ3n) is 6.11. The van der Waals surface area contributed by atoms with Crippen LogP contribution in [0.4, 0.5) is 11.6 Å². The van der Waals surface area contributed by atoms with Gasteiger partial charge in [0.25, 0.3) is 0 Å². The lowest BCUT2D eigenvalue weighted by Crippen LogP contribution is -2.40. The molecule has 9 heteroatoms. The minimum absolute atomic E-state index is 0.0637. The molecule has 4 heterocycles. The van der Waals surface area contributed by atoms with E-state index >= 15 is 0 Å². The molecule has 1 amide bonds. The zero-order valence-corrected chi connectivity index (χ0v) is 18.7. The maximum atomic E-state index is 12.6. The van der Waals surface area contributed by atoms with E-state index in [2.05, 4.69) is 37.1 Å². The molecule has 2 aliphatic heterocycles. The molecule has 0 aliphatic carbocycles. The molecule has 0 spiro atoms. The fourth-order valence-electron chi connectivity index (χ4n) is 4.11. The van der Waals surface area contributed by atoms with Gasteiger partial charge >= 0.3 is 0 Å². The van der Waals surface area contributed by atoms with E-state index in [9.17, 15) is 4.79 Å². The average Bonchev–Trinajstić information content (AvgIpc) is 3.17. The number of carbonyl (C=O) groups excluding carboxylic acids is 1. The number of aryl methyl sites for hydroxylation is 1. The first kappa shape index (κ1) is 21.0.